The van der Waals surface area contributed by atoms with Crippen molar-refractivity contribution in [1.29, 1.82) is 0 Å². The van der Waals surface area contributed by atoms with Crippen LogP contribution in [0.3, 0.4) is 0 Å². The average molecular weight is 361 g/mol. The fourth-order valence-electron chi connectivity index (χ4n) is 4.22. The number of amides is 1. The van der Waals surface area contributed by atoms with E-state index in [0.717, 1.165) is 38.2 Å². The number of aromatic nitrogens is 2. The number of nitrogens with one attached hydrogen (secondary N) is 2. The van der Waals surface area contributed by atoms with E-state index in [4.69, 9.17) is 0 Å². The Labute approximate surface area is 154 Å². The van der Waals surface area contributed by atoms with Crippen molar-refractivity contribution >= 4 is 18.3 Å². The van der Waals surface area contributed by atoms with Gasteiger partial charge in [0.1, 0.15) is 5.69 Å². The summed E-state index contributed by atoms with van der Waals surface area (Å²) in [5, 5.41) is 10.8. The van der Waals surface area contributed by atoms with Gasteiger partial charge in [0.05, 0.1) is 6.04 Å². The second kappa shape index (κ2) is 7.58. The maximum atomic E-state index is 13.1. The van der Waals surface area contributed by atoms with E-state index in [1.165, 1.54) is 5.56 Å². The predicted octanol–water partition coefficient (Wildman–Crippen LogP) is 2.82. The average Bonchev–Trinajstić information content (AvgIpc) is 3.30. The zero-order chi connectivity index (χ0) is 16.5. The summed E-state index contributed by atoms with van der Waals surface area (Å²) >= 11 is 0. The molecule has 3 atom stereocenters. The van der Waals surface area contributed by atoms with Gasteiger partial charge in [0.2, 0.25) is 0 Å². The highest BCUT2D eigenvalue weighted by Gasteiger charge is 2.47. The third kappa shape index (κ3) is 3.31. The van der Waals surface area contributed by atoms with E-state index in [-0.39, 0.29) is 24.4 Å². The lowest BCUT2D eigenvalue weighted by Gasteiger charge is -2.27. The van der Waals surface area contributed by atoms with Crippen molar-refractivity contribution in [1.82, 2.24) is 20.4 Å². The monoisotopic (exact) mass is 360 g/mol. The third-order valence-electron chi connectivity index (χ3n) is 5.34. The van der Waals surface area contributed by atoms with Gasteiger partial charge in [0, 0.05) is 31.2 Å². The minimum absolute atomic E-state index is 0. The van der Waals surface area contributed by atoms with Gasteiger partial charge in [0.25, 0.3) is 5.91 Å². The molecule has 5 nitrogen and oxygen atoms in total. The molecule has 2 aliphatic rings. The highest BCUT2D eigenvalue weighted by Crippen LogP contribution is 2.43. The van der Waals surface area contributed by atoms with Crippen molar-refractivity contribution in [3.8, 4) is 0 Å². The van der Waals surface area contributed by atoms with E-state index in [2.05, 4.69) is 46.7 Å². The number of carbonyl (C=O) groups excluding carboxylic acids is 1. The first kappa shape index (κ1) is 18.0. The Kier molecular flexibility index (Phi) is 5.45. The van der Waals surface area contributed by atoms with Crippen LogP contribution in [0.4, 0.5) is 0 Å². The first-order valence-corrected chi connectivity index (χ1v) is 8.89. The largest absolute Gasteiger partial charge is 0.330 e. The Balaban J connectivity index is 0.00000182. The number of nitrogens with zero attached hydrogens (tertiary/aromatic N) is 2. The topological polar surface area (TPSA) is 61.0 Å². The maximum absolute atomic E-state index is 13.1. The van der Waals surface area contributed by atoms with E-state index in [9.17, 15) is 4.79 Å². The summed E-state index contributed by atoms with van der Waals surface area (Å²) in [6.07, 6.45) is 1.97. The standard InChI is InChI=1S/C19H24N4O.ClH/c1-2-6-15-9-17(22-21-15)19(24)23-12-14-10-20-11-16(14)18(23)13-7-4-3-5-8-13;/h3-5,7-9,14,16,18,20H,2,6,10-12H2,1H3,(H,21,22);1H/t14-,16-,18+;/m0./s1. The van der Waals surface area contributed by atoms with E-state index in [0.29, 0.717) is 17.5 Å². The second-order valence-corrected chi connectivity index (χ2v) is 6.92. The number of H-pyrrole nitrogens is 1. The Bertz CT molecular complexity index is 717. The predicted molar refractivity (Wildman–Crippen MR) is 99.9 cm³/mol. The van der Waals surface area contributed by atoms with Crippen LogP contribution in [-0.4, -0.2) is 40.6 Å². The normalized spacial score (nSPS) is 24.8. The summed E-state index contributed by atoms with van der Waals surface area (Å²) in [4.78, 5) is 15.1. The summed E-state index contributed by atoms with van der Waals surface area (Å²) in [5.74, 6) is 1.08. The molecule has 1 amide bonds. The van der Waals surface area contributed by atoms with E-state index < -0.39 is 0 Å². The number of halogens is 1. The number of carbonyl (C=O) groups is 1. The molecule has 0 radical (unpaired) electrons. The Morgan fingerprint density at radius 1 is 1.28 bits per heavy atom. The Hall–Kier alpha value is -1.85. The van der Waals surface area contributed by atoms with Crippen molar-refractivity contribution in [2.45, 2.75) is 25.8 Å². The van der Waals surface area contributed by atoms with Gasteiger partial charge in [-0.25, -0.2) is 0 Å². The molecule has 0 bridgehead atoms. The first-order valence-electron chi connectivity index (χ1n) is 8.89. The van der Waals surface area contributed by atoms with Crippen LogP contribution in [0.25, 0.3) is 0 Å². The molecule has 2 aliphatic heterocycles. The van der Waals surface area contributed by atoms with Crippen LogP contribution in [0.5, 0.6) is 0 Å². The number of rotatable bonds is 4. The summed E-state index contributed by atoms with van der Waals surface area (Å²) < 4.78 is 0. The number of aryl methyl sites for hydroxylation is 1. The van der Waals surface area contributed by atoms with Crippen molar-refractivity contribution in [2.75, 3.05) is 19.6 Å². The number of hydrogen-bond donors (Lipinski definition) is 2. The molecule has 2 N–H and O–H groups in total. The number of fused-ring (bicyclic) bond motifs is 1. The second-order valence-electron chi connectivity index (χ2n) is 6.92. The van der Waals surface area contributed by atoms with Gasteiger partial charge in [0.15, 0.2) is 0 Å². The molecule has 1 aromatic carbocycles. The summed E-state index contributed by atoms with van der Waals surface area (Å²) in [6, 6.07) is 12.5. The van der Waals surface area contributed by atoms with Crippen LogP contribution in [-0.2, 0) is 6.42 Å². The van der Waals surface area contributed by atoms with Crippen molar-refractivity contribution in [3.63, 3.8) is 0 Å². The fourth-order valence-corrected chi connectivity index (χ4v) is 4.22. The molecular formula is C19H25ClN4O. The van der Waals surface area contributed by atoms with Gasteiger partial charge in [-0.3, -0.25) is 9.89 Å². The molecule has 0 aliphatic carbocycles. The molecule has 0 saturated carbocycles. The van der Waals surface area contributed by atoms with Crippen LogP contribution >= 0.6 is 12.4 Å². The maximum Gasteiger partial charge on any atom is 0.274 e. The van der Waals surface area contributed by atoms with Gasteiger partial charge in [-0.2, -0.15) is 5.10 Å². The van der Waals surface area contributed by atoms with Gasteiger partial charge < -0.3 is 10.2 Å². The summed E-state index contributed by atoms with van der Waals surface area (Å²) in [5.41, 5.74) is 2.82. The Morgan fingerprint density at radius 3 is 2.84 bits per heavy atom. The molecule has 3 heterocycles. The minimum Gasteiger partial charge on any atom is -0.330 e. The van der Waals surface area contributed by atoms with Crippen LogP contribution in [0.15, 0.2) is 36.4 Å². The van der Waals surface area contributed by atoms with Crippen molar-refractivity contribution in [3.05, 3.63) is 53.3 Å². The molecule has 25 heavy (non-hydrogen) atoms. The molecule has 0 spiro atoms. The molecule has 0 unspecified atom stereocenters. The van der Waals surface area contributed by atoms with Gasteiger partial charge >= 0.3 is 0 Å². The number of hydrogen-bond acceptors (Lipinski definition) is 3. The van der Waals surface area contributed by atoms with Gasteiger partial charge in [-0.05, 0) is 24.0 Å². The molecule has 134 valence electrons. The molecule has 1 aromatic heterocycles. The fraction of sp³-hybridized carbons (Fsp3) is 0.474. The first-order chi connectivity index (χ1) is 11.8. The number of likely N-dealkylation sites (tertiary alicyclic amines) is 1. The molecule has 2 saturated heterocycles. The number of benzene rings is 1. The zero-order valence-electron chi connectivity index (χ0n) is 14.4. The van der Waals surface area contributed by atoms with Crippen LogP contribution in [0.1, 0.15) is 41.1 Å². The minimum atomic E-state index is 0. The number of aromatic amines is 1. The molecule has 2 aromatic rings. The lowest BCUT2D eigenvalue weighted by Crippen LogP contribution is -2.34. The van der Waals surface area contributed by atoms with E-state index >= 15 is 0 Å². The smallest absolute Gasteiger partial charge is 0.274 e. The highest BCUT2D eigenvalue weighted by molar-refractivity contribution is 5.93. The van der Waals surface area contributed by atoms with Crippen molar-refractivity contribution < 1.29 is 4.79 Å². The molecule has 6 heteroatoms. The summed E-state index contributed by atoms with van der Waals surface area (Å²) in [7, 11) is 0. The molecule has 4 rings (SSSR count). The SMILES string of the molecule is CCCc1cc(C(=O)N2C[C@@H]3CNC[C@@H]3[C@H]2c2ccccc2)n[nH]1.Cl. The zero-order valence-corrected chi connectivity index (χ0v) is 15.3. The molecular weight excluding hydrogens is 336 g/mol. The summed E-state index contributed by atoms with van der Waals surface area (Å²) in [6.45, 7) is 4.92. The Morgan fingerprint density at radius 2 is 2.08 bits per heavy atom. The lowest BCUT2D eigenvalue weighted by atomic mass is 9.89. The van der Waals surface area contributed by atoms with E-state index in [1.54, 1.807) is 0 Å². The van der Waals surface area contributed by atoms with Gasteiger partial charge in [-0.1, -0.05) is 43.7 Å². The van der Waals surface area contributed by atoms with Gasteiger partial charge in [-0.15, -0.1) is 12.4 Å². The highest BCUT2D eigenvalue weighted by atomic mass is 35.5. The third-order valence-corrected chi connectivity index (χ3v) is 5.34. The molecule has 2 fully saturated rings. The lowest BCUT2D eigenvalue weighted by molar-refractivity contribution is 0.0708. The van der Waals surface area contributed by atoms with Crippen molar-refractivity contribution in [2.24, 2.45) is 11.8 Å². The van der Waals surface area contributed by atoms with E-state index in [1.807, 2.05) is 17.0 Å². The van der Waals surface area contributed by atoms with Crippen LogP contribution < -0.4 is 5.32 Å². The quantitative estimate of drug-likeness (QED) is 0.881. The van der Waals surface area contributed by atoms with Crippen LogP contribution in [0, 0.1) is 11.8 Å². The van der Waals surface area contributed by atoms with Crippen LogP contribution in [0.2, 0.25) is 0 Å².